The zero-order chi connectivity index (χ0) is 17.8. The van der Waals surface area contributed by atoms with E-state index >= 15 is 0 Å². The number of hydrogen-bond acceptors (Lipinski definition) is 5. The zero-order valence-electron chi connectivity index (χ0n) is 15.8. The van der Waals surface area contributed by atoms with E-state index in [0.29, 0.717) is 5.92 Å². The van der Waals surface area contributed by atoms with Gasteiger partial charge in [-0.15, -0.1) is 0 Å². The first kappa shape index (κ1) is 18.0. The van der Waals surface area contributed by atoms with Crippen LogP contribution in [0.5, 0.6) is 5.88 Å². The van der Waals surface area contributed by atoms with Gasteiger partial charge >= 0.3 is 0 Å². The molecule has 0 saturated carbocycles. The molecule has 2 aromatic rings. The van der Waals surface area contributed by atoms with Gasteiger partial charge in [-0.2, -0.15) is 5.10 Å². The van der Waals surface area contributed by atoms with Gasteiger partial charge in [0.1, 0.15) is 5.76 Å². The first-order chi connectivity index (χ1) is 12.1. The highest BCUT2D eigenvalue weighted by atomic mass is 16.5. The van der Waals surface area contributed by atoms with Crippen LogP contribution in [0.2, 0.25) is 0 Å². The molecule has 0 radical (unpaired) electrons. The van der Waals surface area contributed by atoms with E-state index in [1.165, 1.54) is 12.8 Å². The third-order valence-corrected chi connectivity index (χ3v) is 4.95. The lowest BCUT2D eigenvalue weighted by molar-refractivity contribution is 0.209. The van der Waals surface area contributed by atoms with Gasteiger partial charge < -0.3 is 14.5 Å². The lowest BCUT2D eigenvalue weighted by Gasteiger charge is -2.26. The van der Waals surface area contributed by atoms with Crippen LogP contribution in [-0.4, -0.2) is 41.4 Å². The minimum absolute atomic E-state index is 0.280. The number of furan rings is 1. The van der Waals surface area contributed by atoms with Crippen LogP contribution in [0, 0.1) is 0 Å². The summed E-state index contributed by atoms with van der Waals surface area (Å²) in [7, 11) is 3.64. The standard InChI is InChI=1S/C19H30N4O2/c1-14(2)18-15(19(24-4)22(3)21-18)12-20-13-16(17-8-7-11-25-17)23-9-5-6-10-23/h7-8,11,14,16,20H,5-6,9-10,12-13H2,1-4H3. The molecule has 1 atom stereocenters. The monoisotopic (exact) mass is 346 g/mol. The van der Waals surface area contributed by atoms with E-state index in [1.54, 1.807) is 13.4 Å². The Kier molecular flexibility index (Phi) is 5.81. The van der Waals surface area contributed by atoms with Crippen molar-refractivity contribution in [1.29, 1.82) is 0 Å². The van der Waals surface area contributed by atoms with Crippen LogP contribution in [0.1, 0.15) is 55.7 Å². The zero-order valence-corrected chi connectivity index (χ0v) is 15.8. The Balaban J connectivity index is 1.70. The summed E-state index contributed by atoms with van der Waals surface area (Å²) in [5.41, 5.74) is 2.25. The maximum Gasteiger partial charge on any atom is 0.216 e. The number of likely N-dealkylation sites (tertiary alicyclic amines) is 1. The molecular weight excluding hydrogens is 316 g/mol. The summed E-state index contributed by atoms with van der Waals surface area (Å²) >= 11 is 0. The number of nitrogens with zero attached hydrogens (tertiary/aromatic N) is 3. The van der Waals surface area contributed by atoms with E-state index in [2.05, 4.69) is 35.2 Å². The minimum atomic E-state index is 0.280. The van der Waals surface area contributed by atoms with Crippen molar-refractivity contribution in [2.45, 2.75) is 45.2 Å². The minimum Gasteiger partial charge on any atom is -0.481 e. The Morgan fingerprint density at radius 3 is 2.68 bits per heavy atom. The van der Waals surface area contributed by atoms with Crippen molar-refractivity contribution in [3.8, 4) is 5.88 Å². The SMILES string of the molecule is COc1c(CNCC(c2ccco2)N2CCCC2)c(C(C)C)nn1C. The Morgan fingerprint density at radius 1 is 1.32 bits per heavy atom. The normalized spacial score (nSPS) is 16.7. The number of methoxy groups -OCH3 is 1. The number of nitrogens with one attached hydrogen (secondary N) is 1. The predicted octanol–water partition coefficient (Wildman–Crippen LogP) is 3.07. The first-order valence-corrected chi connectivity index (χ1v) is 9.19. The van der Waals surface area contributed by atoms with E-state index in [9.17, 15) is 0 Å². The molecule has 6 heteroatoms. The maximum absolute atomic E-state index is 5.70. The third kappa shape index (κ3) is 3.90. The van der Waals surface area contributed by atoms with Gasteiger partial charge in [0.15, 0.2) is 0 Å². The van der Waals surface area contributed by atoms with Crippen molar-refractivity contribution in [3.63, 3.8) is 0 Å². The maximum atomic E-state index is 5.70. The van der Waals surface area contributed by atoms with Crippen molar-refractivity contribution < 1.29 is 9.15 Å². The Bertz CT molecular complexity index is 657. The molecule has 1 aliphatic rings. The van der Waals surface area contributed by atoms with Gasteiger partial charge in [0.2, 0.25) is 5.88 Å². The average Bonchev–Trinajstić information content (AvgIpc) is 3.33. The van der Waals surface area contributed by atoms with E-state index in [0.717, 1.165) is 49.1 Å². The summed E-state index contributed by atoms with van der Waals surface area (Å²) in [6.07, 6.45) is 4.30. The number of ether oxygens (including phenoxy) is 1. The first-order valence-electron chi connectivity index (χ1n) is 9.19. The molecule has 0 spiro atoms. The summed E-state index contributed by atoms with van der Waals surface area (Å²) in [5.74, 6) is 2.25. The summed E-state index contributed by atoms with van der Waals surface area (Å²) in [6, 6.07) is 4.33. The molecule has 1 fully saturated rings. The van der Waals surface area contributed by atoms with Gasteiger partial charge in [-0.05, 0) is 44.0 Å². The number of aryl methyl sites for hydroxylation is 1. The average molecular weight is 346 g/mol. The molecule has 1 saturated heterocycles. The molecule has 25 heavy (non-hydrogen) atoms. The molecule has 6 nitrogen and oxygen atoms in total. The summed E-state index contributed by atoms with van der Waals surface area (Å²) in [6.45, 7) is 8.21. The lowest BCUT2D eigenvalue weighted by atomic mass is 10.1. The van der Waals surface area contributed by atoms with Crippen LogP contribution in [-0.2, 0) is 13.6 Å². The summed E-state index contributed by atoms with van der Waals surface area (Å²) in [5, 5.41) is 8.24. The second-order valence-electron chi connectivity index (χ2n) is 7.06. The van der Waals surface area contributed by atoms with Crippen LogP contribution >= 0.6 is 0 Å². The summed E-state index contributed by atoms with van der Waals surface area (Å²) in [4.78, 5) is 2.51. The van der Waals surface area contributed by atoms with Crippen molar-refractivity contribution in [1.82, 2.24) is 20.0 Å². The molecule has 0 aliphatic carbocycles. The molecule has 3 rings (SSSR count). The molecule has 1 N–H and O–H groups in total. The van der Waals surface area contributed by atoms with Crippen LogP contribution in [0.4, 0.5) is 0 Å². The largest absolute Gasteiger partial charge is 0.481 e. The van der Waals surface area contributed by atoms with Gasteiger partial charge in [0.05, 0.1) is 30.7 Å². The fraction of sp³-hybridized carbons (Fsp3) is 0.632. The molecule has 2 aromatic heterocycles. The van der Waals surface area contributed by atoms with Crippen LogP contribution in [0.3, 0.4) is 0 Å². The quantitative estimate of drug-likeness (QED) is 0.796. The highest BCUT2D eigenvalue weighted by Gasteiger charge is 2.26. The molecule has 3 heterocycles. The van der Waals surface area contributed by atoms with Crippen LogP contribution in [0.15, 0.2) is 22.8 Å². The number of aromatic nitrogens is 2. The second-order valence-corrected chi connectivity index (χ2v) is 7.06. The van der Waals surface area contributed by atoms with Crippen molar-refractivity contribution in [3.05, 3.63) is 35.4 Å². The molecule has 0 aromatic carbocycles. The second kappa shape index (κ2) is 8.06. The van der Waals surface area contributed by atoms with Gasteiger partial charge in [-0.25, -0.2) is 4.68 Å². The highest BCUT2D eigenvalue weighted by molar-refractivity contribution is 5.33. The van der Waals surface area contributed by atoms with Gasteiger partial charge in [-0.3, -0.25) is 4.90 Å². The van der Waals surface area contributed by atoms with Crippen LogP contribution in [0.25, 0.3) is 0 Å². The fourth-order valence-electron chi connectivity index (χ4n) is 3.74. The number of rotatable bonds is 8. The Hall–Kier alpha value is -1.79. The molecule has 1 unspecified atom stereocenters. The van der Waals surface area contributed by atoms with E-state index < -0.39 is 0 Å². The number of hydrogen-bond donors (Lipinski definition) is 1. The smallest absolute Gasteiger partial charge is 0.216 e. The van der Waals surface area contributed by atoms with E-state index in [1.807, 2.05) is 17.8 Å². The van der Waals surface area contributed by atoms with Crippen molar-refractivity contribution >= 4 is 0 Å². The summed E-state index contributed by atoms with van der Waals surface area (Å²) < 4.78 is 13.1. The molecule has 1 aliphatic heterocycles. The van der Waals surface area contributed by atoms with Crippen molar-refractivity contribution in [2.24, 2.45) is 7.05 Å². The predicted molar refractivity (Wildman–Crippen MR) is 97.8 cm³/mol. The molecule has 138 valence electrons. The van der Waals surface area contributed by atoms with Gasteiger partial charge in [0, 0.05) is 20.1 Å². The van der Waals surface area contributed by atoms with E-state index in [-0.39, 0.29) is 6.04 Å². The third-order valence-electron chi connectivity index (χ3n) is 4.95. The molecule has 0 bridgehead atoms. The molecular formula is C19H30N4O2. The lowest BCUT2D eigenvalue weighted by Crippen LogP contribution is -2.33. The Morgan fingerprint density at radius 2 is 2.08 bits per heavy atom. The Labute approximate surface area is 150 Å². The van der Waals surface area contributed by atoms with Gasteiger partial charge in [0.25, 0.3) is 0 Å². The van der Waals surface area contributed by atoms with Gasteiger partial charge in [-0.1, -0.05) is 13.8 Å². The van der Waals surface area contributed by atoms with E-state index in [4.69, 9.17) is 9.15 Å². The van der Waals surface area contributed by atoms with Crippen LogP contribution < -0.4 is 10.1 Å². The van der Waals surface area contributed by atoms with Crippen molar-refractivity contribution in [2.75, 3.05) is 26.7 Å². The highest BCUT2D eigenvalue weighted by Crippen LogP contribution is 2.28. The topological polar surface area (TPSA) is 55.5 Å². The fourth-order valence-corrected chi connectivity index (χ4v) is 3.74. The molecule has 0 amide bonds.